The van der Waals surface area contributed by atoms with Crippen LogP contribution >= 0.6 is 0 Å². The van der Waals surface area contributed by atoms with Crippen molar-refractivity contribution in [2.45, 2.75) is 13.8 Å². The van der Waals surface area contributed by atoms with Crippen LogP contribution in [0.15, 0.2) is 0 Å². The van der Waals surface area contributed by atoms with Crippen LogP contribution in [-0.2, 0) is 4.84 Å². The van der Waals surface area contributed by atoms with Crippen LogP contribution in [0.25, 0.3) is 0 Å². The lowest BCUT2D eigenvalue weighted by molar-refractivity contribution is -1.06. The minimum absolute atomic E-state index is 0.643. The summed E-state index contributed by atoms with van der Waals surface area (Å²) in [5.74, 6) is 0.643. The summed E-state index contributed by atoms with van der Waals surface area (Å²) >= 11 is 0. The number of rotatable bonds is 3. The lowest BCUT2D eigenvalue weighted by atomic mass is 10.2. The molecule has 50 valence electrons. The molecule has 8 heavy (non-hydrogen) atoms. The Labute approximate surface area is 51.4 Å². The van der Waals surface area contributed by atoms with E-state index in [9.17, 15) is 0 Å². The predicted octanol–water partition coefficient (Wildman–Crippen LogP) is -0.281. The maximum absolute atomic E-state index is 5.22. The van der Waals surface area contributed by atoms with Gasteiger partial charge in [0.15, 0.2) is 0 Å². The SMILES string of the molecule is CC(C)CO[NH+](C)C. The predicted molar refractivity (Wildman–Crippen MR) is 33.6 cm³/mol. The molecule has 1 N–H and O–H groups in total. The zero-order chi connectivity index (χ0) is 6.57. The highest BCUT2D eigenvalue weighted by molar-refractivity contribution is 4.34. The maximum Gasteiger partial charge on any atom is 0.108 e. The normalized spacial score (nSPS) is 11.2. The van der Waals surface area contributed by atoms with Crippen LogP contribution in [0.2, 0.25) is 0 Å². The number of hydrogen-bond acceptors (Lipinski definition) is 1. The van der Waals surface area contributed by atoms with Gasteiger partial charge in [-0.15, -0.1) is 0 Å². The second-order valence-corrected chi connectivity index (χ2v) is 2.61. The topological polar surface area (TPSA) is 13.7 Å². The van der Waals surface area contributed by atoms with Crippen LogP contribution < -0.4 is 5.06 Å². The Morgan fingerprint density at radius 3 is 2.00 bits per heavy atom. The summed E-state index contributed by atoms with van der Waals surface area (Å²) in [7, 11) is 3.95. The molecule has 0 bridgehead atoms. The summed E-state index contributed by atoms with van der Waals surface area (Å²) in [6.45, 7) is 5.13. The molecule has 0 aliphatic carbocycles. The van der Waals surface area contributed by atoms with E-state index >= 15 is 0 Å². The molecule has 2 nitrogen and oxygen atoms in total. The second kappa shape index (κ2) is 3.87. The van der Waals surface area contributed by atoms with Gasteiger partial charge in [0.25, 0.3) is 0 Å². The fraction of sp³-hybridized carbons (Fsp3) is 1.00. The summed E-state index contributed by atoms with van der Waals surface area (Å²) in [5, 5.41) is 1.05. The Morgan fingerprint density at radius 2 is 1.88 bits per heavy atom. The van der Waals surface area contributed by atoms with Crippen LogP contribution in [0, 0.1) is 5.92 Å². The number of hydroxylamine groups is 2. The van der Waals surface area contributed by atoms with Crippen molar-refractivity contribution in [2.24, 2.45) is 5.92 Å². The highest BCUT2D eigenvalue weighted by atomic mass is 16.7. The first-order valence-electron chi connectivity index (χ1n) is 3.06. The summed E-state index contributed by atoms with van der Waals surface area (Å²) in [6, 6.07) is 0. The molecule has 0 radical (unpaired) electrons. The van der Waals surface area contributed by atoms with E-state index in [1.54, 1.807) is 0 Å². The van der Waals surface area contributed by atoms with Crippen molar-refractivity contribution in [3.8, 4) is 0 Å². The molecule has 0 fully saturated rings. The molecule has 0 saturated heterocycles. The first-order chi connectivity index (χ1) is 3.63. The zero-order valence-corrected chi connectivity index (χ0v) is 6.19. The third-order valence-electron chi connectivity index (χ3n) is 0.705. The Morgan fingerprint density at radius 1 is 1.38 bits per heavy atom. The van der Waals surface area contributed by atoms with Crippen molar-refractivity contribution in [3.63, 3.8) is 0 Å². The van der Waals surface area contributed by atoms with Crippen molar-refractivity contribution < 1.29 is 9.90 Å². The Hall–Kier alpha value is -0.0800. The lowest BCUT2D eigenvalue weighted by Crippen LogP contribution is -3.04. The minimum atomic E-state index is 0.643. The molecular weight excluding hydrogens is 102 g/mol. The molecule has 2 heteroatoms. The molecule has 0 aliphatic rings. The summed E-state index contributed by atoms with van der Waals surface area (Å²) in [6.07, 6.45) is 0. The molecule has 0 amide bonds. The largest absolute Gasteiger partial charge is 0.205 e. The van der Waals surface area contributed by atoms with Crippen LogP contribution in [0.3, 0.4) is 0 Å². The van der Waals surface area contributed by atoms with Gasteiger partial charge in [-0.1, -0.05) is 13.8 Å². The third kappa shape index (κ3) is 5.92. The highest BCUT2D eigenvalue weighted by Crippen LogP contribution is 1.86. The highest BCUT2D eigenvalue weighted by Gasteiger charge is 1.96. The van der Waals surface area contributed by atoms with E-state index in [2.05, 4.69) is 13.8 Å². The van der Waals surface area contributed by atoms with Crippen molar-refractivity contribution in [3.05, 3.63) is 0 Å². The van der Waals surface area contributed by atoms with Gasteiger partial charge in [0.1, 0.15) is 6.61 Å². The van der Waals surface area contributed by atoms with Gasteiger partial charge in [-0.25, -0.2) is 4.84 Å². The van der Waals surface area contributed by atoms with Crippen molar-refractivity contribution >= 4 is 0 Å². The standard InChI is InChI=1S/C6H15NO/c1-6(2)5-8-7(3)4/h6H,5H2,1-4H3/p+1. The molecule has 0 atom stereocenters. The third-order valence-corrected chi connectivity index (χ3v) is 0.705. The number of nitrogens with one attached hydrogen (secondary N) is 1. The van der Waals surface area contributed by atoms with E-state index in [1.807, 2.05) is 14.1 Å². The monoisotopic (exact) mass is 118 g/mol. The molecule has 0 unspecified atom stereocenters. The van der Waals surface area contributed by atoms with E-state index in [1.165, 1.54) is 0 Å². The van der Waals surface area contributed by atoms with Crippen molar-refractivity contribution in [2.75, 3.05) is 20.7 Å². The fourth-order valence-electron chi connectivity index (χ4n) is 0.333. The molecular formula is C6H16NO+. The molecule has 0 saturated carbocycles. The van der Waals surface area contributed by atoms with Gasteiger partial charge < -0.3 is 0 Å². The van der Waals surface area contributed by atoms with Gasteiger partial charge in [-0.2, -0.15) is 5.06 Å². The maximum atomic E-state index is 5.22. The zero-order valence-electron chi connectivity index (χ0n) is 6.19. The van der Waals surface area contributed by atoms with Gasteiger partial charge >= 0.3 is 0 Å². The number of hydrogen-bond donors (Lipinski definition) is 1. The quantitative estimate of drug-likeness (QED) is 0.503. The molecule has 0 spiro atoms. The van der Waals surface area contributed by atoms with Gasteiger partial charge in [-0.05, 0) is 5.92 Å². The Balaban J connectivity index is 2.93. The lowest BCUT2D eigenvalue weighted by Gasteiger charge is -2.07. The first-order valence-corrected chi connectivity index (χ1v) is 3.06. The summed E-state index contributed by atoms with van der Waals surface area (Å²) in [4.78, 5) is 5.22. The fourth-order valence-corrected chi connectivity index (χ4v) is 0.333. The Kier molecular flexibility index (Phi) is 3.83. The number of quaternary nitrogens is 1. The van der Waals surface area contributed by atoms with Crippen molar-refractivity contribution in [1.29, 1.82) is 0 Å². The smallest absolute Gasteiger partial charge is 0.108 e. The van der Waals surface area contributed by atoms with Crippen LogP contribution in [0.1, 0.15) is 13.8 Å². The Bertz CT molecular complexity index is 44.5. The average Bonchev–Trinajstić information content (AvgIpc) is 1.61. The molecule has 0 aromatic carbocycles. The second-order valence-electron chi connectivity index (χ2n) is 2.61. The average molecular weight is 118 g/mol. The van der Waals surface area contributed by atoms with E-state index in [0.717, 1.165) is 11.7 Å². The van der Waals surface area contributed by atoms with Crippen LogP contribution in [-0.4, -0.2) is 20.7 Å². The minimum Gasteiger partial charge on any atom is -0.205 e. The van der Waals surface area contributed by atoms with Gasteiger partial charge in [0, 0.05) is 0 Å². The molecule has 0 aliphatic heterocycles. The van der Waals surface area contributed by atoms with Gasteiger partial charge in [0.05, 0.1) is 14.1 Å². The van der Waals surface area contributed by atoms with E-state index in [4.69, 9.17) is 4.84 Å². The van der Waals surface area contributed by atoms with E-state index in [-0.39, 0.29) is 0 Å². The van der Waals surface area contributed by atoms with E-state index in [0.29, 0.717) is 5.92 Å². The first kappa shape index (κ1) is 7.92. The summed E-state index contributed by atoms with van der Waals surface area (Å²) < 4.78 is 0. The van der Waals surface area contributed by atoms with Crippen LogP contribution in [0.4, 0.5) is 0 Å². The molecule has 0 aromatic rings. The van der Waals surface area contributed by atoms with Gasteiger partial charge in [-0.3, -0.25) is 0 Å². The van der Waals surface area contributed by atoms with Crippen molar-refractivity contribution in [1.82, 2.24) is 0 Å². The van der Waals surface area contributed by atoms with E-state index < -0.39 is 0 Å². The van der Waals surface area contributed by atoms with Crippen LogP contribution in [0.5, 0.6) is 0 Å². The molecule has 0 aromatic heterocycles. The molecule has 0 rings (SSSR count). The summed E-state index contributed by atoms with van der Waals surface area (Å²) in [5.41, 5.74) is 0. The van der Waals surface area contributed by atoms with Gasteiger partial charge in [0.2, 0.25) is 0 Å². The molecule has 0 heterocycles.